The highest BCUT2D eigenvalue weighted by atomic mass is 16.3. The van der Waals surface area contributed by atoms with Crippen LogP contribution in [0.2, 0.25) is 0 Å². The van der Waals surface area contributed by atoms with Crippen molar-refractivity contribution in [3.8, 4) is 5.75 Å². The van der Waals surface area contributed by atoms with Crippen molar-refractivity contribution in [3.05, 3.63) is 72.2 Å². The Kier molecular flexibility index (Phi) is 3.42. The van der Waals surface area contributed by atoms with Gasteiger partial charge in [0, 0.05) is 17.8 Å². The Morgan fingerprint density at radius 1 is 0.929 bits per heavy atom. The van der Waals surface area contributed by atoms with Crippen molar-refractivity contribution < 1.29 is 10.2 Å². The van der Waals surface area contributed by atoms with Crippen LogP contribution >= 0.6 is 0 Å². The number of aromatic nitrogens is 2. The third kappa shape index (κ3) is 2.21. The smallest absolute Gasteiger partial charge is 0.148 e. The summed E-state index contributed by atoms with van der Waals surface area (Å²) in [6.45, 7) is 0.187. The Balaban J connectivity index is 1.63. The van der Waals surface area contributed by atoms with Crippen LogP contribution in [-0.2, 0) is 7.05 Å². The quantitative estimate of drug-likeness (QED) is 0.494. The average Bonchev–Trinajstić information content (AvgIpc) is 3.18. The number of hydrogen-bond acceptors (Lipinski definition) is 4. The van der Waals surface area contributed by atoms with E-state index in [0.29, 0.717) is 16.8 Å². The van der Waals surface area contributed by atoms with Crippen molar-refractivity contribution in [2.75, 3.05) is 11.4 Å². The van der Waals surface area contributed by atoms with E-state index in [4.69, 9.17) is 5.41 Å². The van der Waals surface area contributed by atoms with Crippen molar-refractivity contribution in [2.45, 2.75) is 0 Å². The van der Waals surface area contributed by atoms with Crippen LogP contribution in [0.1, 0.15) is 5.82 Å². The largest absolute Gasteiger partial charge is 0.509 e. The summed E-state index contributed by atoms with van der Waals surface area (Å²) in [5.74, 6) is 1.06. The summed E-state index contributed by atoms with van der Waals surface area (Å²) in [6, 6.07) is 18.6. The molecule has 1 aliphatic rings. The molecule has 1 aromatic heterocycles. The first-order chi connectivity index (χ1) is 13.6. The predicted molar refractivity (Wildman–Crippen MR) is 111 cm³/mol. The second kappa shape index (κ2) is 5.85. The second-order valence-corrected chi connectivity index (χ2v) is 6.89. The first-order valence-corrected chi connectivity index (χ1v) is 8.97. The van der Waals surface area contributed by atoms with E-state index in [0.717, 1.165) is 22.1 Å². The third-order valence-electron chi connectivity index (χ3n) is 5.28. The Hall–Kier alpha value is -3.80. The molecule has 3 aromatic carbocycles. The van der Waals surface area contributed by atoms with Gasteiger partial charge in [-0.1, -0.05) is 36.4 Å². The van der Waals surface area contributed by atoms with Crippen LogP contribution in [0.25, 0.3) is 27.4 Å². The molecule has 0 fully saturated rings. The van der Waals surface area contributed by atoms with Gasteiger partial charge in [-0.3, -0.25) is 5.41 Å². The van der Waals surface area contributed by atoms with E-state index >= 15 is 0 Å². The molecule has 5 rings (SSSR count). The maximum absolute atomic E-state index is 10.7. The number of imidazole rings is 1. The number of para-hydroxylation sites is 2. The Bertz CT molecular complexity index is 1300. The third-order valence-corrected chi connectivity index (χ3v) is 5.28. The topological polar surface area (TPSA) is 85.4 Å². The van der Waals surface area contributed by atoms with Crippen molar-refractivity contribution in [1.82, 2.24) is 9.55 Å². The number of aromatic hydroxyl groups is 1. The van der Waals surface area contributed by atoms with Crippen LogP contribution in [-0.4, -0.2) is 32.1 Å². The monoisotopic (exact) mass is 370 g/mol. The van der Waals surface area contributed by atoms with E-state index in [9.17, 15) is 10.2 Å². The average molecular weight is 370 g/mol. The van der Waals surface area contributed by atoms with Crippen LogP contribution in [0.15, 0.2) is 66.4 Å². The van der Waals surface area contributed by atoms with Gasteiger partial charge in [-0.2, -0.15) is 0 Å². The number of aryl methyl sites for hydroxylation is 1. The number of benzene rings is 3. The van der Waals surface area contributed by atoms with Gasteiger partial charge in [-0.25, -0.2) is 4.98 Å². The molecule has 3 N–H and O–H groups in total. The summed E-state index contributed by atoms with van der Waals surface area (Å²) in [7, 11) is 1.89. The highest BCUT2D eigenvalue weighted by Gasteiger charge is 2.33. The summed E-state index contributed by atoms with van der Waals surface area (Å²) in [5.41, 5.74) is 2.95. The molecule has 0 amide bonds. The molecular formula is C22H18N4O2. The summed E-state index contributed by atoms with van der Waals surface area (Å²) < 4.78 is 1.90. The summed E-state index contributed by atoms with van der Waals surface area (Å²) in [5, 5.41) is 31.2. The van der Waals surface area contributed by atoms with Crippen molar-refractivity contribution >= 4 is 38.9 Å². The zero-order valence-corrected chi connectivity index (χ0v) is 15.2. The maximum atomic E-state index is 10.7. The van der Waals surface area contributed by atoms with Crippen molar-refractivity contribution in [3.63, 3.8) is 0 Å². The first kappa shape index (κ1) is 16.4. The van der Waals surface area contributed by atoms with E-state index in [-0.39, 0.29) is 23.9 Å². The zero-order chi connectivity index (χ0) is 19.4. The number of nitrogens with zero attached hydrogens (tertiary/aromatic N) is 3. The van der Waals surface area contributed by atoms with Crippen molar-refractivity contribution in [1.29, 1.82) is 5.41 Å². The Morgan fingerprint density at radius 2 is 1.68 bits per heavy atom. The second-order valence-electron chi connectivity index (χ2n) is 6.89. The molecule has 6 heteroatoms. The van der Waals surface area contributed by atoms with Gasteiger partial charge < -0.3 is 19.7 Å². The molecule has 138 valence electrons. The molecule has 4 aromatic rings. The van der Waals surface area contributed by atoms with Gasteiger partial charge in [0.05, 0.1) is 28.8 Å². The molecule has 0 atom stereocenters. The fourth-order valence-electron chi connectivity index (χ4n) is 3.90. The highest BCUT2D eigenvalue weighted by molar-refractivity contribution is 6.31. The minimum absolute atomic E-state index is 0.112. The van der Waals surface area contributed by atoms with Crippen LogP contribution in [0.3, 0.4) is 0 Å². The van der Waals surface area contributed by atoms with Gasteiger partial charge >= 0.3 is 0 Å². The molecule has 1 aliphatic heterocycles. The molecule has 2 heterocycles. The summed E-state index contributed by atoms with van der Waals surface area (Å²) in [4.78, 5) is 6.38. The molecule has 28 heavy (non-hydrogen) atoms. The molecule has 0 radical (unpaired) electrons. The minimum Gasteiger partial charge on any atom is -0.509 e. The lowest BCUT2D eigenvalue weighted by Crippen LogP contribution is -2.26. The van der Waals surface area contributed by atoms with E-state index < -0.39 is 0 Å². The number of nitrogens with one attached hydrogen (secondary N) is 1. The summed E-state index contributed by atoms with van der Waals surface area (Å²) in [6.07, 6.45) is 0. The molecule has 0 unspecified atom stereocenters. The molecule has 0 saturated carbocycles. The molecule has 0 saturated heterocycles. The predicted octanol–water partition coefficient (Wildman–Crippen LogP) is 4.20. The molecule has 0 bridgehead atoms. The number of aliphatic hydroxyl groups excluding tert-OH is 1. The normalized spacial score (nSPS) is 14.6. The Morgan fingerprint density at radius 3 is 2.50 bits per heavy atom. The van der Waals surface area contributed by atoms with Gasteiger partial charge in [-0.15, -0.1) is 0 Å². The fourth-order valence-corrected chi connectivity index (χ4v) is 3.90. The van der Waals surface area contributed by atoms with Gasteiger partial charge in [0.25, 0.3) is 0 Å². The lowest BCUT2D eigenvalue weighted by atomic mass is 10.1. The molecule has 0 spiro atoms. The molecule has 6 nitrogen and oxygen atoms in total. The number of aliphatic hydroxyl groups is 1. The van der Waals surface area contributed by atoms with Crippen molar-refractivity contribution in [2.24, 2.45) is 7.05 Å². The number of rotatable bonds is 2. The van der Waals surface area contributed by atoms with E-state index in [1.54, 1.807) is 17.0 Å². The van der Waals surface area contributed by atoms with Gasteiger partial charge in [-0.05, 0) is 24.3 Å². The van der Waals surface area contributed by atoms with Crippen LogP contribution < -0.4 is 4.90 Å². The van der Waals surface area contributed by atoms with Crippen LogP contribution in [0.4, 0.5) is 5.69 Å². The number of fused-ring (bicyclic) bond motifs is 2. The number of phenols is 1. The highest BCUT2D eigenvalue weighted by Crippen LogP contribution is 2.37. The fraction of sp³-hybridized carbons (Fsp3) is 0.0909. The van der Waals surface area contributed by atoms with Crippen LogP contribution in [0, 0.1) is 5.41 Å². The van der Waals surface area contributed by atoms with E-state index in [1.165, 1.54) is 0 Å². The van der Waals surface area contributed by atoms with Gasteiger partial charge in [0.15, 0.2) is 0 Å². The van der Waals surface area contributed by atoms with Gasteiger partial charge in [0.1, 0.15) is 23.2 Å². The number of hydrogen-bond donors (Lipinski definition) is 3. The van der Waals surface area contributed by atoms with E-state index in [1.807, 2.05) is 60.1 Å². The maximum Gasteiger partial charge on any atom is 0.148 e. The lowest BCUT2D eigenvalue weighted by Gasteiger charge is -2.21. The lowest BCUT2D eigenvalue weighted by molar-refractivity contribution is 0.411. The number of amidine groups is 1. The zero-order valence-electron chi connectivity index (χ0n) is 15.2. The van der Waals surface area contributed by atoms with E-state index in [2.05, 4.69) is 4.98 Å². The van der Waals surface area contributed by atoms with Gasteiger partial charge in [0.2, 0.25) is 0 Å². The number of phenolic OH excluding ortho intramolecular Hbond substituents is 1. The van der Waals surface area contributed by atoms with Crippen LogP contribution in [0.5, 0.6) is 5.75 Å². The Labute approximate surface area is 161 Å². The molecule has 0 aliphatic carbocycles. The number of anilines is 1. The minimum atomic E-state index is 0.112. The first-order valence-electron chi connectivity index (χ1n) is 8.97. The SMILES string of the molecule is Cn1c(C2=C(O)CN(c3cccc4c(O)cccc34)C2=N)nc2ccccc21. The molecular weight excluding hydrogens is 352 g/mol. The standard InChI is InChI=1S/C22H18N4O2/c1-25-17-9-3-2-8-15(17)24-22(25)20-19(28)12-26(21(20)23)16-10-4-7-14-13(16)6-5-11-18(14)27/h2-11,23,27-28H,12H2,1H3. The summed E-state index contributed by atoms with van der Waals surface area (Å²) >= 11 is 0.